The summed E-state index contributed by atoms with van der Waals surface area (Å²) in [6, 6.07) is 7.71. The zero-order valence-electron chi connectivity index (χ0n) is 18.2. The van der Waals surface area contributed by atoms with Crippen LogP contribution in [0.3, 0.4) is 0 Å². The number of likely N-dealkylation sites (tertiary alicyclic amines) is 1. The minimum absolute atomic E-state index is 0.0561. The highest BCUT2D eigenvalue weighted by atomic mass is 16.5. The van der Waals surface area contributed by atoms with E-state index in [1.54, 1.807) is 30.3 Å². The largest absolute Gasteiger partial charge is 0.507 e. The van der Waals surface area contributed by atoms with Crippen LogP contribution in [0.2, 0.25) is 0 Å². The maximum atomic E-state index is 13.0. The summed E-state index contributed by atoms with van der Waals surface area (Å²) < 4.78 is 10.7. The molecule has 1 aromatic carbocycles. The van der Waals surface area contributed by atoms with E-state index >= 15 is 0 Å². The number of ketones is 1. The standard InChI is InChI=1S/C23H27N3O5/c1-25(2)12-5-13-26-20(16-6-7-17(30-3)18(14-16)31-4)19(22(28)23(26)29)21(27)15-8-10-24-11-9-15/h6-11,14,20,27H,5,12-13H2,1-4H3/p+1/b21-19+/t20-/m1/s1. The predicted octanol–water partition coefficient (Wildman–Crippen LogP) is 1.06. The molecule has 164 valence electrons. The van der Waals surface area contributed by atoms with Gasteiger partial charge in [-0.3, -0.25) is 14.6 Å². The normalized spacial score (nSPS) is 18.0. The Morgan fingerprint density at radius 2 is 1.77 bits per heavy atom. The topological polar surface area (TPSA) is 93.4 Å². The number of carbonyl (C=O) groups is 2. The minimum atomic E-state index is -0.731. The van der Waals surface area contributed by atoms with E-state index in [0.29, 0.717) is 35.6 Å². The first-order valence-electron chi connectivity index (χ1n) is 10.1. The maximum Gasteiger partial charge on any atom is 0.295 e. The van der Waals surface area contributed by atoms with E-state index in [9.17, 15) is 14.7 Å². The summed E-state index contributed by atoms with van der Waals surface area (Å²) in [4.78, 5) is 32.7. The zero-order valence-corrected chi connectivity index (χ0v) is 18.2. The van der Waals surface area contributed by atoms with Crippen LogP contribution in [0, 0.1) is 0 Å². The van der Waals surface area contributed by atoms with E-state index in [-0.39, 0.29) is 11.3 Å². The molecule has 1 aromatic heterocycles. The highest BCUT2D eigenvalue weighted by molar-refractivity contribution is 6.46. The van der Waals surface area contributed by atoms with Gasteiger partial charge in [-0.25, -0.2) is 0 Å². The first kappa shape index (κ1) is 22.3. The number of ether oxygens (including phenoxy) is 2. The van der Waals surface area contributed by atoms with Gasteiger partial charge in [0.05, 0.1) is 46.5 Å². The van der Waals surface area contributed by atoms with Crippen molar-refractivity contribution in [2.45, 2.75) is 12.5 Å². The number of nitrogens with one attached hydrogen (secondary N) is 1. The average Bonchev–Trinajstić information content (AvgIpc) is 3.03. The third-order valence-electron chi connectivity index (χ3n) is 5.29. The molecular weight excluding hydrogens is 398 g/mol. The molecule has 2 heterocycles. The Morgan fingerprint density at radius 3 is 2.39 bits per heavy atom. The fraction of sp³-hybridized carbons (Fsp3) is 0.348. The molecule has 31 heavy (non-hydrogen) atoms. The molecule has 1 atom stereocenters. The number of amides is 1. The smallest absolute Gasteiger partial charge is 0.295 e. The van der Waals surface area contributed by atoms with Crippen LogP contribution in [0.4, 0.5) is 0 Å². The van der Waals surface area contributed by atoms with Crippen molar-refractivity contribution in [2.75, 3.05) is 41.4 Å². The Kier molecular flexibility index (Phi) is 6.91. The molecule has 8 nitrogen and oxygen atoms in total. The fourth-order valence-corrected chi connectivity index (χ4v) is 3.75. The molecule has 1 aliphatic heterocycles. The molecule has 0 radical (unpaired) electrons. The van der Waals surface area contributed by atoms with Gasteiger partial charge in [-0.15, -0.1) is 0 Å². The van der Waals surface area contributed by atoms with Gasteiger partial charge in [0, 0.05) is 30.9 Å². The number of aromatic nitrogens is 1. The van der Waals surface area contributed by atoms with Crippen LogP contribution in [0.1, 0.15) is 23.6 Å². The van der Waals surface area contributed by atoms with Crippen molar-refractivity contribution < 1.29 is 29.1 Å². The lowest BCUT2D eigenvalue weighted by molar-refractivity contribution is -0.858. The van der Waals surface area contributed by atoms with Crippen LogP contribution < -0.4 is 14.4 Å². The number of quaternary nitrogens is 1. The predicted molar refractivity (Wildman–Crippen MR) is 115 cm³/mol. The molecule has 2 aromatic rings. The molecule has 0 unspecified atom stereocenters. The summed E-state index contributed by atoms with van der Waals surface area (Å²) in [5, 5.41) is 11.0. The Bertz CT molecular complexity index is 988. The highest BCUT2D eigenvalue weighted by Crippen LogP contribution is 2.41. The summed E-state index contributed by atoms with van der Waals surface area (Å²) in [6.45, 7) is 1.23. The van der Waals surface area contributed by atoms with Gasteiger partial charge in [0.25, 0.3) is 11.7 Å². The maximum absolute atomic E-state index is 13.0. The Balaban J connectivity index is 2.13. The second kappa shape index (κ2) is 9.61. The van der Waals surface area contributed by atoms with Crippen LogP contribution in [0.5, 0.6) is 11.5 Å². The molecule has 0 bridgehead atoms. The van der Waals surface area contributed by atoms with E-state index in [1.807, 2.05) is 14.1 Å². The van der Waals surface area contributed by atoms with Crippen LogP contribution in [0.25, 0.3) is 5.76 Å². The number of nitrogens with zero attached hydrogens (tertiary/aromatic N) is 2. The SMILES string of the molecule is COc1ccc([C@@H]2/C(=C(\O)c3ccncc3)C(=O)C(=O)N2CCC[NH+](C)C)cc1OC. The molecule has 1 aliphatic rings. The monoisotopic (exact) mass is 426 g/mol. The second-order valence-electron chi connectivity index (χ2n) is 7.65. The van der Waals surface area contributed by atoms with Crippen molar-refractivity contribution in [1.29, 1.82) is 0 Å². The van der Waals surface area contributed by atoms with Crippen molar-refractivity contribution in [2.24, 2.45) is 0 Å². The molecular formula is C23H28N3O5+. The van der Waals surface area contributed by atoms with Crippen molar-refractivity contribution in [1.82, 2.24) is 9.88 Å². The van der Waals surface area contributed by atoms with E-state index in [2.05, 4.69) is 4.98 Å². The lowest BCUT2D eigenvalue weighted by Crippen LogP contribution is -3.05. The summed E-state index contributed by atoms with van der Waals surface area (Å²) in [5.41, 5.74) is 1.14. The highest BCUT2D eigenvalue weighted by Gasteiger charge is 2.46. The molecule has 0 spiro atoms. The van der Waals surface area contributed by atoms with E-state index in [1.165, 1.54) is 36.4 Å². The quantitative estimate of drug-likeness (QED) is 0.372. The zero-order chi connectivity index (χ0) is 22.5. The molecule has 0 saturated carbocycles. The first-order valence-corrected chi connectivity index (χ1v) is 10.1. The van der Waals surface area contributed by atoms with Crippen LogP contribution >= 0.6 is 0 Å². The van der Waals surface area contributed by atoms with Crippen LogP contribution in [-0.4, -0.2) is 68.1 Å². The molecule has 1 amide bonds. The summed E-state index contributed by atoms with van der Waals surface area (Å²) in [7, 11) is 7.12. The third kappa shape index (κ3) is 4.54. The molecule has 1 fully saturated rings. The summed E-state index contributed by atoms with van der Waals surface area (Å²) in [5.74, 6) is -0.530. The number of benzene rings is 1. The van der Waals surface area contributed by atoms with Crippen LogP contribution in [0.15, 0.2) is 48.3 Å². The Hall–Kier alpha value is -3.39. The fourth-order valence-electron chi connectivity index (χ4n) is 3.75. The molecule has 0 aliphatic carbocycles. The van der Waals surface area contributed by atoms with Gasteiger partial charge < -0.3 is 24.4 Å². The van der Waals surface area contributed by atoms with Crippen LogP contribution in [-0.2, 0) is 9.59 Å². The summed E-state index contributed by atoms with van der Waals surface area (Å²) in [6.07, 6.45) is 3.77. The number of methoxy groups -OCH3 is 2. The molecule has 8 heteroatoms. The first-order chi connectivity index (χ1) is 14.9. The number of hydrogen-bond donors (Lipinski definition) is 2. The van der Waals surface area contributed by atoms with Gasteiger partial charge in [-0.2, -0.15) is 0 Å². The number of aliphatic hydroxyl groups is 1. The second-order valence-corrected chi connectivity index (χ2v) is 7.65. The van der Waals surface area contributed by atoms with Gasteiger partial charge in [-0.05, 0) is 29.8 Å². The van der Waals surface area contributed by atoms with Gasteiger partial charge >= 0.3 is 0 Å². The third-order valence-corrected chi connectivity index (χ3v) is 5.29. The minimum Gasteiger partial charge on any atom is -0.507 e. The number of aliphatic hydroxyl groups excluding tert-OH is 1. The number of rotatable bonds is 8. The van der Waals surface area contributed by atoms with Crippen molar-refractivity contribution >= 4 is 17.4 Å². The number of Topliss-reactive ketones (excluding diaryl/α,β-unsaturated/α-hetero) is 1. The molecule has 3 rings (SSSR count). The van der Waals surface area contributed by atoms with E-state index < -0.39 is 17.7 Å². The van der Waals surface area contributed by atoms with Crippen molar-refractivity contribution in [3.05, 3.63) is 59.4 Å². The van der Waals surface area contributed by atoms with Crippen molar-refractivity contribution in [3.63, 3.8) is 0 Å². The van der Waals surface area contributed by atoms with Gasteiger partial charge in [0.2, 0.25) is 0 Å². The van der Waals surface area contributed by atoms with Gasteiger partial charge in [0.15, 0.2) is 11.5 Å². The Labute approximate surface area is 181 Å². The van der Waals surface area contributed by atoms with Crippen molar-refractivity contribution in [3.8, 4) is 11.5 Å². The number of pyridine rings is 1. The Morgan fingerprint density at radius 1 is 1.10 bits per heavy atom. The van der Waals surface area contributed by atoms with Gasteiger partial charge in [-0.1, -0.05) is 6.07 Å². The van der Waals surface area contributed by atoms with Gasteiger partial charge in [0.1, 0.15) is 5.76 Å². The molecule has 2 N–H and O–H groups in total. The summed E-state index contributed by atoms with van der Waals surface area (Å²) >= 11 is 0. The number of hydrogen-bond acceptors (Lipinski definition) is 6. The number of carbonyl (C=O) groups excluding carboxylic acids is 2. The average molecular weight is 426 g/mol. The van der Waals surface area contributed by atoms with E-state index in [4.69, 9.17) is 9.47 Å². The van der Waals surface area contributed by atoms with E-state index in [0.717, 1.165) is 6.54 Å². The lowest BCUT2D eigenvalue weighted by atomic mass is 9.95. The lowest BCUT2D eigenvalue weighted by Gasteiger charge is -2.26. The molecule has 1 saturated heterocycles.